The Hall–Kier alpha value is -1.24. The molecule has 2 atom stereocenters. The van der Waals surface area contributed by atoms with E-state index in [0.29, 0.717) is 5.92 Å². The second-order valence-corrected chi connectivity index (χ2v) is 5.84. The average molecular weight is 227 g/mol. The molecule has 90 valence electrons. The van der Waals surface area contributed by atoms with E-state index in [1.54, 1.807) is 16.5 Å². The summed E-state index contributed by atoms with van der Waals surface area (Å²) in [6.45, 7) is 9.24. The maximum Gasteiger partial charge on any atom is 0.0488 e. The topological polar surface area (TPSA) is 4.93 Å². The summed E-state index contributed by atoms with van der Waals surface area (Å²) in [6, 6.07) is 4.73. The van der Waals surface area contributed by atoms with Crippen molar-refractivity contribution in [3.8, 4) is 0 Å². The molecule has 1 aliphatic rings. The van der Waals surface area contributed by atoms with Gasteiger partial charge in [0.2, 0.25) is 0 Å². The van der Waals surface area contributed by atoms with Crippen molar-refractivity contribution in [2.24, 2.45) is 13.0 Å². The van der Waals surface area contributed by atoms with Gasteiger partial charge in [-0.1, -0.05) is 19.9 Å². The second-order valence-electron chi connectivity index (χ2n) is 5.84. The van der Waals surface area contributed by atoms with Gasteiger partial charge < -0.3 is 4.57 Å². The smallest absolute Gasteiger partial charge is 0.0488 e. The Kier molecular flexibility index (Phi) is 2.16. The van der Waals surface area contributed by atoms with Crippen LogP contribution < -0.4 is 0 Å². The van der Waals surface area contributed by atoms with Crippen LogP contribution >= 0.6 is 0 Å². The third-order valence-corrected chi connectivity index (χ3v) is 4.77. The van der Waals surface area contributed by atoms with Gasteiger partial charge in [-0.15, -0.1) is 0 Å². The van der Waals surface area contributed by atoms with Gasteiger partial charge in [0.05, 0.1) is 0 Å². The Morgan fingerprint density at radius 2 is 1.88 bits per heavy atom. The monoisotopic (exact) mass is 227 g/mol. The fraction of sp³-hybridized carbons (Fsp3) is 0.500. The van der Waals surface area contributed by atoms with Gasteiger partial charge in [-0.05, 0) is 54.9 Å². The van der Waals surface area contributed by atoms with E-state index in [2.05, 4.69) is 51.4 Å². The molecule has 0 spiro atoms. The number of benzene rings is 1. The fourth-order valence-corrected chi connectivity index (χ4v) is 3.37. The van der Waals surface area contributed by atoms with Crippen molar-refractivity contribution in [2.75, 3.05) is 0 Å². The number of hydrogen-bond donors (Lipinski definition) is 0. The Labute approximate surface area is 103 Å². The maximum atomic E-state index is 2.39. The zero-order chi connectivity index (χ0) is 12.3. The van der Waals surface area contributed by atoms with Crippen LogP contribution in [0.25, 0.3) is 10.9 Å². The van der Waals surface area contributed by atoms with Crippen LogP contribution in [0.2, 0.25) is 0 Å². The van der Waals surface area contributed by atoms with Gasteiger partial charge >= 0.3 is 0 Å². The van der Waals surface area contributed by atoms with Gasteiger partial charge in [0.15, 0.2) is 0 Å². The summed E-state index contributed by atoms with van der Waals surface area (Å²) in [5, 5.41) is 1.54. The van der Waals surface area contributed by atoms with E-state index in [9.17, 15) is 0 Å². The second kappa shape index (κ2) is 3.38. The third kappa shape index (κ3) is 1.31. The quantitative estimate of drug-likeness (QED) is 0.639. The Morgan fingerprint density at radius 1 is 1.18 bits per heavy atom. The number of hydrogen-bond acceptors (Lipinski definition) is 0. The van der Waals surface area contributed by atoms with E-state index < -0.39 is 0 Å². The predicted molar refractivity (Wildman–Crippen MR) is 73.7 cm³/mol. The minimum absolute atomic E-state index is 0.687. The molecule has 0 fully saturated rings. The Balaban J connectivity index is 2.48. The molecular formula is C16H21N. The number of aromatic nitrogens is 1. The normalized spacial score (nSPS) is 23.4. The molecule has 1 nitrogen and oxygen atoms in total. The summed E-state index contributed by atoms with van der Waals surface area (Å²) >= 11 is 0. The standard InChI is InChI=1S/C16H21N/c1-9-6-13-11(3)10(2)8-14-12(4)17(5)15(7-9)16(13)14/h6-7,10-11H,8H2,1-5H3. The average Bonchev–Trinajstić information content (AvgIpc) is 2.52. The van der Waals surface area contributed by atoms with E-state index in [-0.39, 0.29) is 0 Å². The van der Waals surface area contributed by atoms with Crippen molar-refractivity contribution in [3.63, 3.8) is 0 Å². The van der Waals surface area contributed by atoms with E-state index in [1.807, 2.05) is 0 Å². The number of aryl methyl sites for hydroxylation is 2. The zero-order valence-corrected chi connectivity index (χ0v) is 11.5. The van der Waals surface area contributed by atoms with Crippen LogP contribution in [0, 0.1) is 19.8 Å². The summed E-state index contributed by atoms with van der Waals surface area (Å²) < 4.78 is 2.37. The molecule has 0 saturated carbocycles. The first kappa shape index (κ1) is 10.9. The number of rotatable bonds is 0. The highest BCUT2D eigenvalue weighted by Gasteiger charge is 2.28. The van der Waals surface area contributed by atoms with Crippen LogP contribution in [0.15, 0.2) is 12.1 Å². The molecular weight excluding hydrogens is 206 g/mol. The summed E-state index contributed by atoms with van der Waals surface area (Å²) in [5.74, 6) is 1.44. The van der Waals surface area contributed by atoms with Crippen LogP contribution in [-0.2, 0) is 13.5 Å². The molecule has 17 heavy (non-hydrogen) atoms. The lowest BCUT2D eigenvalue weighted by Gasteiger charge is -2.27. The first-order chi connectivity index (χ1) is 8.00. The van der Waals surface area contributed by atoms with Gasteiger partial charge in [-0.25, -0.2) is 0 Å². The van der Waals surface area contributed by atoms with E-state index in [1.165, 1.54) is 23.2 Å². The van der Waals surface area contributed by atoms with Crippen molar-refractivity contribution < 1.29 is 0 Å². The van der Waals surface area contributed by atoms with Gasteiger partial charge in [0.25, 0.3) is 0 Å². The summed E-state index contributed by atoms with van der Waals surface area (Å²) in [5.41, 5.74) is 7.41. The van der Waals surface area contributed by atoms with Crippen LogP contribution in [0.4, 0.5) is 0 Å². The highest BCUT2D eigenvalue weighted by Crippen LogP contribution is 2.42. The molecule has 1 aromatic heterocycles. The predicted octanol–water partition coefficient (Wildman–Crippen LogP) is 4.09. The molecule has 0 saturated heterocycles. The van der Waals surface area contributed by atoms with Crippen LogP contribution in [0.3, 0.4) is 0 Å². The minimum atomic E-state index is 0.687. The minimum Gasteiger partial charge on any atom is -0.348 e. The lowest BCUT2D eigenvalue weighted by atomic mass is 9.77. The molecule has 0 aliphatic heterocycles. The highest BCUT2D eigenvalue weighted by atomic mass is 14.9. The van der Waals surface area contributed by atoms with Gasteiger partial charge in [0.1, 0.15) is 0 Å². The first-order valence-electron chi connectivity index (χ1n) is 6.59. The molecule has 2 aromatic rings. The van der Waals surface area contributed by atoms with E-state index in [4.69, 9.17) is 0 Å². The lowest BCUT2D eigenvalue weighted by molar-refractivity contribution is 0.477. The van der Waals surface area contributed by atoms with Crippen molar-refractivity contribution in [1.82, 2.24) is 4.57 Å². The molecule has 2 unspecified atom stereocenters. The molecule has 1 aliphatic carbocycles. The van der Waals surface area contributed by atoms with Crippen molar-refractivity contribution in [2.45, 2.75) is 40.0 Å². The highest BCUT2D eigenvalue weighted by molar-refractivity contribution is 5.90. The fourth-order valence-electron chi connectivity index (χ4n) is 3.37. The van der Waals surface area contributed by atoms with Crippen LogP contribution in [0.1, 0.15) is 42.1 Å². The SMILES string of the molecule is Cc1cc2c3c(c(C)n(C)c3c1)CC(C)C2C. The molecule has 0 N–H and O–H groups in total. The van der Waals surface area contributed by atoms with Gasteiger partial charge in [-0.3, -0.25) is 0 Å². The molecule has 0 bridgehead atoms. The van der Waals surface area contributed by atoms with Crippen molar-refractivity contribution in [1.29, 1.82) is 0 Å². The molecule has 1 heterocycles. The Bertz CT molecular complexity index is 604. The van der Waals surface area contributed by atoms with Gasteiger partial charge in [-0.2, -0.15) is 0 Å². The van der Waals surface area contributed by atoms with Crippen LogP contribution in [-0.4, -0.2) is 4.57 Å². The van der Waals surface area contributed by atoms with E-state index >= 15 is 0 Å². The van der Waals surface area contributed by atoms with Crippen molar-refractivity contribution in [3.05, 3.63) is 34.5 Å². The van der Waals surface area contributed by atoms with Gasteiger partial charge in [0, 0.05) is 23.6 Å². The van der Waals surface area contributed by atoms with Crippen molar-refractivity contribution >= 4 is 10.9 Å². The maximum absolute atomic E-state index is 2.39. The zero-order valence-electron chi connectivity index (χ0n) is 11.5. The molecule has 1 heteroatoms. The lowest BCUT2D eigenvalue weighted by Crippen LogP contribution is -2.15. The first-order valence-corrected chi connectivity index (χ1v) is 6.59. The number of nitrogens with zero attached hydrogens (tertiary/aromatic N) is 1. The largest absolute Gasteiger partial charge is 0.348 e. The summed E-state index contributed by atoms with van der Waals surface area (Å²) in [6.07, 6.45) is 1.24. The molecule has 0 radical (unpaired) electrons. The molecule has 1 aromatic carbocycles. The third-order valence-electron chi connectivity index (χ3n) is 4.77. The summed E-state index contributed by atoms with van der Waals surface area (Å²) in [7, 11) is 2.20. The summed E-state index contributed by atoms with van der Waals surface area (Å²) in [4.78, 5) is 0. The van der Waals surface area contributed by atoms with E-state index in [0.717, 1.165) is 5.92 Å². The Morgan fingerprint density at radius 3 is 2.59 bits per heavy atom. The molecule has 0 amide bonds. The molecule has 3 rings (SSSR count). The van der Waals surface area contributed by atoms with Crippen LogP contribution in [0.5, 0.6) is 0 Å².